The minimum Gasteiger partial charge on any atom is -0.349 e. The fourth-order valence-corrected chi connectivity index (χ4v) is 2.92. The average Bonchev–Trinajstić information content (AvgIpc) is 3.13. The molecule has 0 atom stereocenters. The number of hydrogen-bond acceptors (Lipinski definition) is 3. The van der Waals surface area contributed by atoms with E-state index in [2.05, 4.69) is 15.6 Å². The molecular weight excluding hydrogens is 302 g/mol. The van der Waals surface area contributed by atoms with Crippen LogP contribution in [0.1, 0.15) is 52.1 Å². The lowest BCUT2D eigenvalue weighted by Gasteiger charge is -2.12. The first kappa shape index (κ1) is 16.2. The summed E-state index contributed by atoms with van der Waals surface area (Å²) >= 11 is 0. The molecule has 5 heteroatoms. The maximum absolute atomic E-state index is 12.3. The molecule has 1 aromatic carbocycles. The molecular formula is C19H21N3O2. The lowest BCUT2D eigenvalue weighted by Crippen LogP contribution is -2.32. The first-order valence-electron chi connectivity index (χ1n) is 8.31. The van der Waals surface area contributed by atoms with Gasteiger partial charge in [0.25, 0.3) is 11.8 Å². The third kappa shape index (κ3) is 4.19. The van der Waals surface area contributed by atoms with Crippen LogP contribution in [0, 0.1) is 0 Å². The summed E-state index contributed by atoms with van der Waals surface area (Å²) in [6, 6.07) is 12.6. The summed E-state index contributed by atoms with van der Waals surface area (Å²) in [7, 11) is 0. The smallest absolute Gasteiger partial charge is 0.251 e. The predicted octanol–water partition coefficient (Wildman–Crippen LogP) is 2.68. The second-order valence-electron chi connectivity index (χ2n) is 6.04. The Morgan fingerprint density at radius 1 is 1.00 bits per heavy atom. The zero-order valence-electron chi connectivity index (χ0n) is 13.5. The highest BCUT2D eigenvalue weighted by molar-refractivity contribution is 5.99. The largest absolute Gasteiger partial charge is 0.349 e. The molecule has 1 aromatic heterocycles. The van der Waals surface area contributed by atoms with Crippen molar-refractivity contribution < 1.29 is 9.59 Å². The monoisotopic (exact) mass is 323 g/mol. The molecule has 5 nitrogen and oxygen atoms in total. The maximum atomic E-state index is 12.3. The molecule has 1 aliphatic rings. The Balaban J connectivity index is 1.61. The average molecular weight is 323 g/mol. The molecule has 0 bridgehead atoms. The van der Waals surface area contributed by atoms with Crippen molar-refractivity contribution in [2.24, 2.45) is 0 Å². The van der Waals surface area contributed by atoms with E-state index in [-0.39, 0.29) is 17.9 Å². The second kappa shape index (κ2) is 7.73. The van der Waals surface area contributed by atoms with Gasteiger partial charge in [-0.3, -0.25) is 14.6 Å². The van der Waals surface area contributed by atoms with Crippen LogP contribution in [-0.2, 0) is 6.54 Å². The van der Waals surface area contributed by atoms with E-state index in [9.17, 15) is 9.59 Å². The topological polar surface area (TPSA) is 71.1 Å². The first-order valence-corrected chi connectivity index (χ1v) is 8.31. The van der Waals surface area contributed by atoms with Gasteiger partial charge in [-0.25, -0.2) is 0 Å². The van der Waals surface area contributed by atoms with Crippen LogP contribution in [0.3, 0.4) is 0 Å². The molecule has 0 unspecified atom stereocenters. The highest BCUT2D eigenvalue weighted by Crippen LogP contribution is 2.18. The number of hydrogen-bond donors (Lipinski definition) is 2. The highest BCUT2D eigenvalue weighted by atomic mass is 16.2. The quantitative estimate of drug-likeness (QED) is 0.888. The van der Waals surface area contributed by atoms with E-state index in [4.69, 9.17) is 0 Å². The standard InChI is InChI=1S/C19H21N3O2/c23-18(21-13-17-10-3-4-11-20-17)14-6-5-7-15(12-14)19(24)22-16-8-1-2-9-16/h3-7,10-12,16H,1-2,8-9,13H2,(H,21,23)(H,22,24). The summed E-state index contributed by atoms with van der Waals surface area (Å²) in [6.45, 7) is 0.359. The number of pyridine rings is 1. The van der Waals surface area contributed by atoms with Gasteiger partial charge in [-0.15, -0.1) is 0 Å². The van der Waals surface area contributed by atoms with Crippen LogP contribution < -0.4 is 10.6 Å². The number of carbonyl (C=O) groups is 2. The predicted molar refractivity (Wildman–Crippen MR) is 91.6 cm³/mol. The summed E-state index contributed by atoms with van der Waals surface area (Å²) in [6.07, 6.45) is 6.10. The molecule has 1 saturated carbocycles. The van der Waals surface area contributed by atoms with Crippen LogP contribution in [-0.4, -0.2) is 22.8 Å². The minimum atomic E-state index is -0.212. The Morgan fingerprint density at radius 3 is 2.46 bits per heavy atom. The number of benzene rings is 1. The van der Waals surface area contributed by atoms with Gasteiger partial charge in [0.05, 0.1) is 12.2 Å². The molecule has 1 fully saturated rings. The zero-order chi connectivity index (χ0) is 16.8. The van der Waals surface area contributed by atoms with Gasteiger partial charge < -0.3 is 10.6 Å². The number of carbonyl (C=O) groups excluding carboxylic acids is 2. The molecule has 3 rings (SSSR count). The van der Waals surface area contributed by atoms with Gasteiger partial charge in [0.15, 0.2) is 0 Å². The van der Waals surface area contributed by atoms with Crippen molar-refractivity contribution in [3.63, 3.8) is 0 Å². The Morgan fingerprint density at radius 2 is 1.75 bits per heavy atom. The van der Waals surface area contributed by atoms with Gasteiger partial charge in [0, 0.05) is 23.4 Å². The Hall–Kier alpha value is -2.69. The zero-order valence-corrected chi connectivity index (χ0v) is 13.5. The van der Waals surface area contributed by atoms with Crippen LogP contribution in [0.25, 0.3) is 0 Å². The number of nitrogens with one attached hydrogen (secondary N) is 2. The highest BCUT2D eigenvalue weighted by Gasteiger charge is 2.18. The van der Waals surface area contributed by atoms with Crippen molar-refractivity contribution in [2.45, 2.75) is 38.3 Å². The fourth-order valence-electron chi connectivity index (χ4n) is 2.92. The second-order valence-corrected chi connectivity index (χ2v) is 6.04. The fraction of sp³-hybridized carbons (Fsp3) is 0.316. The number of aromatic nitrogens is 1. The van der Waals surface area contributed by atoms with Crippen molar-refractivity contribution in [1.29, 1.82) is 0 Å². The van der Waals surface area contributed by atoms with Gasteiger partial charge in [-0.05, 0) is 43.2 Å². The van der Waals surface area contributed by atoms with Gasteiger partial charge in [-0.2, -0.15) is 0 Å². The van der Waals surface area contributed by atoms with Crippen molar-refractivity contribution in [3.05, 3.63) is 65.5 Å². The van der Waals surface area contributed by atoms with Crippen LogP contribution in [0.5, 0.6) is 0 Å². The third-order valence-corrected chi connectivity index (χ3v) is 4.23. The number of rotatable bonds is 5. The molecule has 2 amide bonds. The maximum Gasteiger partial charge on any atom is 0.251 e. The molecule has 24 heavy (non-hydrogen) atoms. The molecule has 2 N–H and O–H groups in total. The van der Waals surface area contributed by atoms with E-state index in [1.165, 1.54) is 12.8 Å². The van der Waals surface area contributed by atoms with E-state index in [1.807, 2.05) is 18.2 Å². The van der Waals surface area contributed by atoms with Gasteiger partial charge >= 0.3 is 0 Å². The lowest BCUT2D eigenvalue weighted by atomic mass is 10.1. The lowest BCUT2D eigenvalue weighted by molar-refractivity contribution is 0.0938. The van der Waals surface area contributed by atoms with Crippen LogP contribution in [0.4, 0.5) is 0 Å². The van der Waals surface area contributed by atoms with Crippen LogP contribution in [0.2, 0.25) is 0 Å². The minimum absolute atomic E-state index is 0.110. The number of nitrogens with zero attached hydrogens (tertiary/aromatic N) is 1. The molecule has 124 valence electrons. The van der Waals surface area contributed by atoms with E-state index >= 15 is 0 Å². The van der Waals surface area contributed by atoms with Gasteiger partial charge in [0.2, 0.25) is 0 Å². The SMILES string of the molecule is O=C(NCc1ccccn1)c1cccc(C(=O)NC2CCCC2)c1. The van der Waals surface area contributed by atoms with Gasteiger partial charge in [-0.1, -0.05) is 25.0 Å². The summed E-state index contributed by atoms with van der Waals surface area (Å²) < 4.78 is 0. The van der Waals surface area contributed by atoms with Crippen LogP contribution in [0.15, 0.2) is 48.7 Å². The Labute approximate surface area is 141 Å². The first-order chi connectivity index (χ1) is 11.7. The number of amides is 2. The molecule has 0 aliphatic heterocycles. The van der Waals surface area contributed by atoms with Gasteiger partial charge in [0.1, 0.15) is 0 Å². The van der Waals surface area contributed by atoms with Crippen molar-refractivity contribution >= 4 is 11.8 Å². The molecule has 0 spiro atoms. The molecule has 0 saturated heterocycles. The van der Waals surface area contributed by atoms with E-state index in [0.29, 0.717) is 17.7 Å². The van der Waals surface area contributed by atoms with E-state index in [0.717, 1.165) is 18.5 Å². The summed E-state index contributed by atoms with van der Waals surface area (Å²) in [5, 5.41) is 5.86. The van der Waals surface area contributed by atoms with Crippen LogP contribution >= 0.6 is 0 Å². The van der Waals surface area contributed by atoms with Crippen molar-refractivity contribution in [2.75, 3.05) is 0 Å². The third-order valence-electron chi connectivity index (χ3n) is 4.23. The Bertz CT molecular complexity index is 710. The van der Waals surface area contributed by atoms with Crippen molar-refractivity contribution in [1.82, 2.24) is 15.6 Å². The van der Waals surface area contributed by atoms with E-state index in [1.54, 1.807) is 30.5 Å². The summed E-state index contributed by atoms with van der Waals surface area (Å²) in [5.74, 6) is -0.322. The van der Waals surface area contributed by atoms with E-state index < -0.39 is 0 Å². The molecule has 0 radical (unpaired) electrons. The molecule has 1 heterocycles. The Kier molecular flexibility index (Phi) is 5.21. The van der Waals surface area contributed by atoms with Crippen molar-refractivity contribution in [3.8, 4) is 0 Å². The summed E-state index contributed by atoms with van der Waals surface area (Å²) in [5.41, 5.74) is 1.79. The normalized spacial score (nSPS) is 14.3. The molecule has 2 aromatic rings. The molecule has 1 aliphatic carbocycles. The summed E-state index contributed by atoms with van der Waals surface area (Å²) in [4.78, 5) is 28.7.